The third kappa shape index (κ3) is 6.02. The van der Waals surface area contributed by atoms with E-state index in [1.54, 1.807) is 6.20 Å². The van der Waals surface area contributed by atoms with Gasteiger partial charge in [0.25, 0.3) is 0 Å². The molecule has 0 saturated heterocycles. The van der Waals surface area contributed by atoms with E-state index in [1.165, 1.54) is 0 Å². The van der Waals surface area contributed by atoms with Crippen molar-refractivity contribution in [2.75, 3.05) is 6.54 Å². The van der Waals surface area contributed by atoms with Gasteiger partial charge in [-0.25, -0.2) is 4.98 Å². The molecule has 0 aliphatic rings. The maximum atomic E-state index is 11.7. The Balaban J connectivity index is 2.46. The molecule has 5 nitrogen and oxygen atoms in total. The van der Waals surface area contributed by atoms with E-state index in [4.69, 9.17) is 4.74 Å². The Morgan fingerprint density at radius 2 is 2.15 bits per heavy atom. The maximum absolute atomic E-state index is 11.7. The number of rotatable bonds is 8. The number of aromatic nitrogens is 1. The Labute approximate surface area is 121 Å². The molecule has 1 rings (SSSR count). The molecule has 1 unspecified atom stereocenters. The Hall–Kier alpha value is -1.62. The van der Waals surface area contributed by atoms with Crippen LogP contribution in [0.25, 0.3) is 0 Å². The Bertz CT molecular complexity index is 421. The lowest BCUT2D eigenvalue weighted by atomic mass is 10.2. The number of hydrogen-bond acceptors (Lipinski definition) is 4. The molecule has 1 aromatic rings. The van der Waals surface area contributed by atoms with E-state index >= 15 is 0 Å². The molecule has 1 atom stereocenters. The van der Waals surface area contributed by atoms with E-state index in [1.807, 2.05) is 26.0 Å². The second-order valence-corrected chi connectivity index (χ2v) is 5.10. The van der Waals surface area contributed by atoms with Gasteiger partial charge in [0.15, 0.2) is 0 Å². The lowest BCUT2D eigenvalue weighted by molar-refractivity contribution is -0.120. The predicted molar refractivity (Wildman–Crippen MR) is 79.6 cm³/mol. The second-order valence-electron chi connectivity index (χ2n) is 5.10. The lowest BCUT2D eigenvalue weighted by Gasteiger charge is -2.14. The smallest absolute Gasteiger partial charge is 0.234 e. The minimum absolute atomic E-state index is 0.0235. The number of amides is 1. The summed E-state index contributed by atoms with van der Waals surface area (Å²) in [6, 6.07) is 4.10. The van der Waals surface area contributed by atoms with Crippen LogP contribution in [0.1, 0.15) is 39.7 Å². The normalized spacial score (nSPS) is 12.2. The molecule has 5 heteroatoms. The maximum Gasteiger partial charge on any atom is 0.234 e. The molecule has 1 heterocycles. The summed E-state index contributed by atoms with van der Waals surface area (Å²) in [5.74, 6) is 0.558. The minimum atomic E-state index is -0.0235. The molecule has 1 amide bonds. The van der Waals surface area contributed by atoms with Crippen molar-refractivity contribution in [3.05, 3.63) is 23.9 Å². The van der Waals surface area contributed by atoms with Gasteiger partial charge in [-0.15, -0.1) is 0 Å². The Morgan fingerprint density at radius 3 is 2.80 bits per heavy atom. The number of hydrogen-bond donors (Lipinski definition) is 2. The summed E-state index contributed by atoms with van der Waals surface area (Å²) < 4.78 is 5.62. The zero-order chi connectivity index (χ0) is 15.0. The minimum Gasteiger partial charge on any atom is -0.475 e. The van der Waals surface area contributed by atoms with Crippen LogP contribution in [0.3, 0.4) is 0 Å². The van der Waals surface area contributed by atoms with Crippen LogP contribution in [0.15, 0.2) is 18.3 Å². The predicted octanol–water partition coefficient (Wildman–Crippen LogP) is 1.87. The van der Waals surface area contributed by atoms with Crippen LogP contribution in [0.2, 0.25) is 0 Å². The van der Waals surface area contributed by atoms with Gasteiger partial charge in [0.1, 0.15) is 0 Å². The van der Waals surface area contributed by atoms with E-state index in [-0.39, 0.29) is 12.0 Å². The highest BCUT2D eigenvalue weighted by molar-refractivity contribution is 5.78. The van der Waals surface area contributed by atoms with Crippen molar-refractivity contribution in [3.8, 4) is 5.88 Å². The zero-order valence-electron chi connectivity index (χ0n) is 12.8. The van der Waals surface area contributed by atoms with E-state index in [0.717, 1.165) is 12.0 Å². The third-order valence-electron chi connectivity index (χ3n) is 2.90. The van der Waals surface area contributed by atoms with E-state index in [2.05, 4.69) is 29.5 Å². The first-order chi connectivity index (χ1) is 9.52. The molecule has 0 spiro atoms. The first-order valence-electron chi connectivity index (χ1n) is 7.13. The van der Waals surface area contributed by atoms with Crippen LogP contribution in [0.5, 0.6) is 5.88 Å². The lowest BCUT2D eigenvalue weighted by Crippen LogP contribution is -2.37. The molecule has 0 aromatic carbocycles. The van der Waals surface area contributed by atoms with E-state index in [0.29, 0.717) is 25.0 Å². The van der Waals surface area contributed by atoms with Crippen LogP contribution in [-0.4, -0.2) is 29.6 Å². The SMILES string of the molecule is CCC(C)NCC(=O)NCc1cccnc1OC(C)C. The van der Waals surface area contributed by atoms with Crippen LogP contribution >= 0.6 is 0 Å². The van der Waals surface area contributed by atoms with Crippen molar-refractivity contribution in [2.45, 2.75) is 52.8 Å². The fraction of sp³-hybridized carbons (Fsp3) is 0.600. The van der Waals surface area contributed by atoms with Crippen molar-refractivity contribution in [2.24, 2.45) is 0 Å². The summed E-state index contributed by atoms with van der Waals surface area (Å²) in [5, 5.41) is 6.03. The van der Waals surface area contributed by atoms with Gasteiger partial charge in [-0.1, -0.05) is 13.0 Å². The van der Waals surface area contributed by atoms with Gasteiger partial charge in [-0.05, 0) is 33.3 Å². The standard InChI is InChI=1S/C15H25N3O2/c1-5-12(4)17-10-14(19)18-9-13-7-6-8-16-15(13)20-11(2)3/h6-8,11-12,17H,5,9-10H2,1-4H3,(H,18,19). The van der Waals surface area contributed by atoms with Gasteiger partial charge in [-0.3, -0.25) is 4.79 Å². The van der Waals surface area contributed by atoms with Crippen LogP contribution in [0.4, 0.5) is 0 Å². The molecule has 20 heavy (non-hydrogen) atoms. The molecule has 0 saturated carbocycles. The molecule has 1 aromatic heterocycles. The zero-order valence-corrected chi connectivity index (χ0v) is 12.8. The van der Waals surface area contributed by atoms with Crippen molar-refractivity contribution >= 4 is 5.91 Å². The second kappa shape index (κ2) is 8.53. The highest BCUT2D eigenvalue weighted by Crippen LogP contribution is 2.15. The molecule has 0 bridgehead atoms. The molecule has 2 N–H and O–H groups in total. The van der Waals surface area contributed by atoms with Crippen LogP contribution in [-0.2, 0) is 11.3 Å². The molecular weight excluding hydrogens is 254 g/mol. The molecule has 0 aliphatic carbocycles. The highest BCUT2D eigenvalue weighted by atomic mass is 16.5. The number of nitrogens with zero attached hydrogens (tertiary/aromatic N) is 1. The summed E-state index contributed by atoms with van der Waals surface area (Å²) in [6.45, 7) is 8.80. The number of carbonyl (C=O) groups is 1. The fourth-order valence-electron chi connectivity index (χ4n) is 1.56. The van der Waals surface area contributed by atoms with Crippen molar-refractivity contribution < 1.29 is 9.53 Å². The molecule has 0 aliphatic heterocycles. The topological polar surface area (TPSA) is 63.2 Å². The van der Waals surface area contributed by atoms with Gasteiger partial charge in [0.05, 0.1) is 12.6 Å². The van der Waals surface area contributed by atoms with Crippen molar-refractivity contribution in [1.82, 2.24) is 15.6 Å². The summed E-state index contributed by atoms with van der Waals surface area (Å²) >= 11 is 0. The largest absolute Gasteiger partial charge is 0.475 e. The molecular formula is C15H25N3O2. The highest BCUT2D eigenvalue weighted by Gasteiger charge is 2.09. The van der Waals surface area contributed by atoms with Crippen LogP contribution < -0.4 is 15.4 Å². The number of pyridine rings is 1. The first kappa shape index (κ1) is 16.4. The summed E-state index contributed by atoms with van der Waals surface area (Å²) in [6.07, 6.45) is 2.75. The molecule has 112 valence electrons. The van der Waals surface area contributed by atoms with E-state index < -0.39 is 0 Å². The molecule has 0 radical (unpaired) electrons. The van der Waals surface area contributed by atoms with Crippen molar-refractivity contribution in [1.29, 1.82) is 0 Å². The number of ether oxygens (including phenoxy) is 1. The van der Waals surface area contributed by atoms with E-state index in [9.17, 15) is 4.79 Å². The Morgan fingerprint density at radius 1 is 1.40 bits per heavy atom. The fourth-order valence-corrected chi connectivity index (χ4v) is 1.56. The Kier molecular flexibility index (Phi) is 7.01. The monoisotopic (exact) mass is 279 g/mol. The van der Waals surface area contributed by atoms with Gasteiger partial charge in [0, 0.05) is 24.3 Å². The average molecular weight is 279 g/mol. The third-order valence-corrected chi connectivity index (χ3v) is 2.90. The van der Waals surface area contributed by atoms with Gasteiger partial charge in [0.2, 0.25) is 11.8 Å². The van der Waals surface area contributed by atoms with Gasteiger partial charge < -0.3 is 15.4 Å². The summed E-state index contributed by atoms with van der Waals surface area (Å²) in [4.78, 5) is 15.9. The van der Waals surface area contributed by atoms with Gasteiger partial charge >= 0.3 is 0 Å². The molecule has 0 fully saturated rings. The van der Waals surface area contributed by atoms with Gasteiger partial charge in [-0.2, -0.15) is 0 Å². The summed E-state index contributed by atoms with van der Waals surface area (Å²) in [7, 11) is 0. The first-order valence-corrected chi connectivity index (χ1v) is 7.13. The quantitative estimate of drug-likeness (QED) is 0.762. The average Bonchev–Trinajstić information content (AvgIpc) is 2.43. The van der Waals surface area contributed by atoms with Crippen molar-refractivity contribution in [3.63, 3.8) is 0 Å². The summed E-state index contributed by atoms with van der Waals surface area (Å²) in [5.41, 5.74) is 0.887. The number of carbonyl (C=O) groups excluding carboxylic acids is 1. The number of nitrogens with one attached hydrogen (secondary N) is 2. The van der Waals surface area contributed by atoms with Crippen LogP contribution in [0, 0.1) is 0 Å².